The van der Waals surface area contributed by atoms with E-state index in [0.717, 1.165) is 28.3 Å². The summed E-state index contributed by atoms with van der Waals surface area (Å²) >= 11 is 0. The van der Waals surface area contributed by atoms with Crippen molar-refractivity contribution in [1.82, 2.24) is 4.57 Å². The van der Waals surface area contributed by atoms with Crippen molar-refractivity contribution in [2.75, 3.05) is 0 Å². The van der Waals surface area contributed by atoms with Gasteiger partial charge in [0.1, 0.15) is 0 Å². The summed E-state index contributed by atoms with van der Waals surface area (Å²) in [4.78, 5) is 15.4. The van der Waals surface area contributed by atoms with Crippen LogP contribution in [0.5, 0.6) is 0 Å². The molecule has 5 heteroatoms. The van der Waals surface area contributed by atoms with Crippen molar-refractivity contribution in [3.05, 3.63) is 87.2 Å². The molecule has 0 atom stereocenters. The molecule has 0 N–H and O–H groups in total. The first-order valence-electron chi connectivity index (χ1n) is 10.6. The number of hydrogen-bond donors (Lipinski definition) is 0. The van der Waals surface area contributed by atoms with E-state index in [-0.39, 0.29) is 10.6 Å². The van der Waals surface area contributed by atoms with Gasteiger partial charge in [-0.25, -0.2) is 0 Å². The first kappa shape index (κ1) is 20.1. The number of non-ortho nitro benzene ring substituents is 1. The van der Waals surface area contributed by atoms with Gasteiger partial charge in [0.05, 0.1) is 16.3 Å². The van der Waals surface area contributed by atoms with Gasteiger partial charge in [0.25, 0.3) is 5.69 Å². The lowest BCUT2D eigenvalue weighted by atomic mass is 9.84. The fourth-order valence-electron chi connectivity index (χ4n) is 4.47. The molecule has 1 aliphatic carbocycles. The molecular weight excluding hydrogens is 374 g/mol. The summed E-state index contributed by atoms with van der Waals surface area (Å²) in [7, 11) is 0. The first-order valence-corrected chi connectivity index (χ1v) is 10.6. The molecule has 1 aliphatic rings. The molecule has 5 nitrogen and oxygen atoms in total. The second-order valence-electron chi connectivity index (χ2n) is 8.12. The van der Waals surface area contributed by atoms with E-state index in [1.54, 1.807) is 12.1 Å². The van der Waals surface area contributed by atoms with Crippen molar-refractivity contribution in [2.24, 2.45) is 4.99 Å². The van der Waals surface area contributed by atoms with Crippen LogP contribution in [0.25, 0.3) is 5.69 Å². The van der Waals surface area contributed by atoms with Gasteiger partial charge in [-0.15, -0.1) is 0 Å². The zero-order chi connectivity index (χ0) is 21.1. The molecule has 30 heavy (non-hydrogen) atoms. The Bertz CT molecular complexity index is 1070. The van der Waals surface area contributed by atoms with Crippen molar-refractivity contribution in [3.8, 4) is 5.69 Å². The SMILES string of the molecule is Cc1cc(C=Nc2ccc(C3CCCCC3)cc2)c(C)n1-c1cccc([N+](=O)[O-])c1. The molecule has 0 saturated heterocycles. The van der Waals surface area contributed by atoms with Crippen molar-refractivity contribution in [1.29, 1.82) is 0 Å². The number of hydrogen-bond acceptors (Lipinski definition) is 3. The monoisotopic (exact) mass is 401 g/mol. The molecule has 4 rings (SSSR count). The Balaban J connectivity index is 1.55. The van der Waals surface area contributed by atoms with Gasteiger partial charge in [0.15, 0.2) is 0 Å². The number of aliphatic imine (C=N–C) groups is 1. The highest BCUT2D eigenvalue weighted by atomic mass is 16.6. The van der Waals surface area contributed by atoms with E-state index in [4.69, 9.17) is 0 Å². The molecule has 0 spiro atoms. The predicted octanol–water partition coefficient (Wildman–Crippen LogP) is 6.80. The van der Waals surface area contributed by atoms with E-state index < -0.39 is 0 Å². The Hall–Kier alpha value is -3.21. The summed E-state index contributed by atoms with van der Waals surface area (Å²) in [6, 6.07) is 17.4. The lowest BCUT2D eigenvalue weighted by molar-refractivity contribution is -0.384. The van der Waals surface area contributed by atoms with Crippen molar-refractivity contribution in [2.45, 2.75) is 51.9 Å². The Kier molecular flexibility index (Phi) is 5.79. The maximum atomic E-state index is 11.1. The first-order chi connectivity index (χ1) is 14.5. The molecule has 0 unspecified atom stereocenters. The van der Waals surface area contributed by atoms with Crippen molar-refractivity contribution in [3.63, 3.8) is 0 Å². The van der Waals surface area contributed by atoms with Gasteiger partial charge in [0.2, 0.25) is 0 Å². The van der Waals surface area contributed by atoms with E-state index >= 15 is 0 Å². The number of nitrogens with zero attached hydrogens (tertiary/aromatic N) is 3. The van der Waals surface area contributed by atoms with Gasteiger partial charge in [0, 0.05) is 35.3 Å². The van der Waals surface area contributed by atoms with E-state index in [0.29, 0.717) is 5.92 Å². The highest BCUT2D eigenvalue weighted by molar-refractivity contribution is 5.84. The molecule has 1 fully saturated rings. The third-order valence-corrected chi connectivity index (χ3v) is 6.09. The molecule has 0 bridgehead atoms. The van der Waals surface area contributed by atoms with Gasteiger partial charge in [-0.1, -0.05) is 37.5 Å². The minimum Gasteiger partial charge on any atom is -0.318 e. The largest absolute Gasteiger partial charge is 0.318 e. The van der Waals surface area contributed by atoms with Crippen LogP contribution in [0.4, 0.5) is 11.4 Å². The highest BCUT2D eigenvalue weighted by Gasteiger charge is 2.15. The molecule has 1 heterocycles. The molecule has 0 aliphatic heterocycles. The van der Waals surface area contributed by atoms with Gasteiger partial charge < -0.3 is 4.57 Å². The Labute approximate surface area is 177 Å². The van der Waals surface area contributed by atoms with Crippen LogP contribution in [-0.2, 0) is 0 Å². The number of nitro benzene ring substituents is 1. The topological polar surface area (TPSA) is 60.4 Å². The molecule has 154 valence electrons. The quantitative estimate of drug-likeness (QED) is 0.268. The second-order valence-corrected chi connectivity index (χ2v) is 8.12. The molecule has 0 amide bonds. The maximum Gasteiger partial charge on any atom is 0.271 e. The van der Waals surface area contributed by atoms with Crippen molar-refractivity contribution >= 4 is 17.6 Å². The number of aryl methyl sites for hydroxylation is 1. The third-order valence-electron chi connectivity index (χ3n) is 6.09. The lowest BCUT2D eigenvalue weighted by Crippen LogP contribution is -2.03. The average Bonchev–Trinajstić information content (AvgIpc) is 3.06. The van der Waals surface area contributed by atoms with Gasteiger partial charge in [-0.3, -0.25) is 15.1 Å². The standard InChI is InChI=1S/C25H27N3O2/c1-18-15-22(19(2)27(18)24-9-6-10-25(16-24)28(29)30)17-26-23-13-11-21(12-14-23)20-7-4-3-5-8-20/h6,9-17,20H,3-5,7-8H2,1-2H3. The van der Waals surface area contributed by atoms with Crippen LogP contribution >= 0.6 is 0 Å². The highest BCUT2D eigenvalue weighted by Crippen LogP contribution is 2.33. The molecule has 3 aromatic rings. The van der Waals surface area contributed by atoms with Crippen LogP contribution in [-0.4, -0.2) is 15.7 Å². The minimum atomic E-state index is -0.364. The summed E-state index contributed by atoms with van der Waals surface area (Å²) in [6.45, 7) is 4.02. The van der Waals surface area contributed by atoms with E-state index in [1.165, 1.54) is 43.7 Å². The molecular formula is C25H27N3O2. The van der Waals surface area contributed by atoms with Gasteiger partial charge >= 0.3 is 0 Å². The number of aromatic nitrogens is 1. The van der Waals surface area contributed by atoms with Crippen LogP contribution in [0.2, 0.25) is 0 Å². The number of rotatable bonds is 5. The van der Waals surface area contributed by atoms with Crippen LogP contribution < -0.4 is 0 Å². The molecule has 0 radical (unpaired) electrons. The fourth-order valence-corrected chi connectivity index (χ4v) is 4.47. The van der Waals surface area contributed by atoms with Crippen molar-refractivity contribution < 1.29 is 4.92 Å². The second kappa shape index (κ2) is 8.66. The summed E-state index contributed by atoms with van der Waals surface area (Å²) < 4.78 is 2.03. The predicted molar refractivity (Wildman–Crippen MR) is 121 cm³/mol. The summed E-state index contributed by atoms with van der Waals surface area (Å²) in [5.41, 5.74) is 6.28. The number of nitro groups is 1. The fraction of sp³-hybridized carbons (Fsp3) is 0.320. The third kappa shape index (κ3) is 4.20. The van der Waals surface area contributed by atoms with Gasteiger partial charge in [-0.2, -0.15) is 0 Å². The van der Waals surface area contributed by atoms with Crippen LogP contribution in [0.3, 0.4) is 0 Å². The molecule has 2 aromatic carbocycles. The Morgan fingerprint density at radius 2 is 1.77 bits per heavy atom. The zero-order valence-electron chi connectivity index (χ0n) is 17.5. The summed E-state index contributed by atoms with van der Waals surface area (Å²) in [5, 5.41) is 11.1. The van der Waals surface area contributed by atoms with E-state index in [2.05, 4.69) is 35.3 Å². The summed E-state index contributed by atoms with van der Waals surface area (Å²) in [5.74, 6) is 0.700. The zero-order valence-corrected chi connectivity index (χ0v) is 17.5. The maximum absolute atomic E-state index is 11.1. The van der Waals surface area contributed by atoms with Gasteiger partial charge in [-0.05, 0) is 62.4 Å². The average molecular weight is 402 g/mol. The molecule has 1 saturated carbocycles. The number of benzene rings is 2. The molecule has 1 aromatic heterocycles. The smallest absolute Gasteiger partial charge is 0.271 e. The minimum absolute atomic E-state index is 0.0910. The van der Waals surface area contributed by atoms with Crippen LogP contribution in [0.1, 0.15) is 60.5 Å². The Morgan fingerprint density at radius 3 is 2.47 bits per heavy atom. The normalized spacial score (nSPS) is 15.0. The lowest BCUT2D eigenvalue weighted by Gasteiger charge is -2.21. The van der Waals surface area contributed by atoms with Crippen LogP contribution in [0, 0.1) is 24.0 Å². The van der Waals surface area contributed by atoms with Crippen LogP contribution in [0.15, 0.2) is 59.6 Å². The van der Waals surface area contributed by atoms with E-state index in [9.17, 15) is 10.1 Å². The Morgan fingerprint density at radius 1 is 1.03 bits per heavy atom. The summed E-state index contributed by atoms with van der Waals surface area (Å²) in [6.07, 6.45) is 8.52. The van der Waals surface area contributed by atoms with E-state index in [1.807, 2.05) is 30.7 Å².